The summed E-state index contributed by atoms with van der Waals surface area (Å²) in [5, 5.41) is 2.74. The van der Waals surface area contributed by atoms with Crippen LogP contribution in [0.5, 0.6) is 0 Å². The van der Waals surface area contributed by atoms with E-state index in [1.165, 1.54) is 24.3 Å². The maximum absolute atomic E-state index is 13.7. The summed E-state index contributed by atoms with van der Waals surface area (Å²) in [4.78, 5) is 17.1. The van der Waals surface area contributed by atoms with Crippen LogP contribution in [-0.4, -0.2) is 15.3 Å². The number of rotatable bonds is 2. The number of pyridine rings is 1. The normalized spacial score (nSPS) is 14.5. The first kappa shape index (κ1) is 16.4. The number of fused-ring (bicyclic) bond motifs is 2. The molecule has 1 aliphatic rings. The molecule has 4 aromatic rings. The number of carbonyl (C=O) groups is 1. The number of imidazole rings is 1. The maximum Gasteiger partial charge on any atom is 0.256 e. The van der Waals surface area contributed by atoms with E-state index in [0.29, 0.717) is 28.3 Å². The van der Waals surface area contributed by atoms with Crippen LogP contribution < -0.4 is 5.32 Å². The molecule has 0 fully saturated rings. The van der Waals surface area contributed by atoms with Gasteiger partial charge in [-0.15, -0.1) is 0 Å². The molecule has 136 valence electrons. The molecule has 6 heteroatoms. The molecule has 1 amide bonds. The summed E-state index contributed by atoms with van der Waals surface area (Å²) in [5.74, 6) is -0.419. The van der Waals surface area contributed by atoms with Crippen LogP contribution in [-0.2, 0) is 4.79 Å². The summed E-state index contributed by atoms with van der Waals surface area (Å²) >= 11 is 0. The highest BCUT2D eigenvalue weighted by Gasteiger charge is 2.25. The van der Waals surface area contributed by atoms with Gasteiger partial charge in [0.2, 0.25) is 0 Å². The summed E-state index contributed by atoms with van der Waals surface area (Å²) in [5.41, 5.74) is 3.53. The van der Waals surface area contributed by atoms with E-state index >= 15 is 0 Å². The van der Waals surface area contributed by atoms with Gasteiger partial charge in [-0.05, 0) is 60.7 Å². The predicted octanol–water partition coefficient (Wildman–Crippen LogP) is 4.77. The molecular formula is C22H13F2N3O. The van der Waals surface area contributed by atoms with Crippen molar-refractivity contribution in [3.05, 3.63) is 89.8 Å². The van der Waals surface area contributed by atoms with Crippen molar-refractivity contribution in [1.29, 1.82) is 0 Å². The summed E-state index contributed by atoms with van der Waals surface area (Å²) in [7, 11) is 0. The van der Waals surface area contributed by atoms with Crippen molar-refractivity contribution >= 4 is 28.8 Å². The molecule has 0 bridgehead atoms. The summed E-state index contributed by atoms with van der Waals surface area (Å²) < 4.78 is 28.9. The second-order valence-electron chi connectivity index (χ2n) is 6.49. The number of nitrogens with one attached hydrogen (secondary N) is 1. The number of aromatic nitrogens is 2. The highest BCUT2D eigenvalue weighted by Crippen LogP contribution is 2.34. The molecule has 0 atom stereocenters. The zero-order valence-electron chi connectivity index (χ0n) is 14.5. The van der Waals surface area contributed by atoms with E-state index in [2.05, 4.69) is 10.3 Å². The number of amides is 1. The summed E-state index contributed by atoms with van der Waals surface area (Å²) in [6.07, 6.45) is 3.51. The quantitative estimate of drug-likeness (QED) is 0.515. The van der Waals surface area contributed by atoms with E-state index in [0.717, 1.165) is 11.1 Å². The number of nitrogens with zero attached hydrogens (tertiary/aromatic N) is 2. The van der Waals surface area contributed by atoms with Crippen molar-refractivity contribution in [1.82, 2.24) is 9.38 Å². The lowest BCUT2D eigenvalue weighted by Gasteiger charge is -2.00. The number of hydrogen-bond donors (Lipinski definition) is 1. The molecule has 0 aliphatic carbocycles. The van der Waals surface area contributed by atoms with Gasteiger partial charge in [0.25, 0.3) is 5.91 Å². The Hall–Kier alpha value is -3.80. The molecule has 1 N–H and O–H groups in total. The molecule has 0 radical (unpaired) electrons. The second-order valence-corrected chi connectivity index (χ2v) is 6.49. The fraction of sp³-hybridized carbons (Fsp3) is 0. The van der Waals surface area contributed by atoms with Gasteiger partial charge in [0.1, 0.15) is 17.5 Å². The largest absolute Gasteiger partial charge is 0.321 e. The van der Waals surface area contributed by atoms with Gasteiger partial charge in [-0.25, -0.2) is 13.8 Å². The molecule has 0 unspecified atom stereocenters. The van der Waals surface area contributed by atoms with Gasteiger partial charge >= 0.3 is 0 Å². The van der Waals surface area contributed by atoms with E-state index in [-0.39, 0.29) is 11.7 Å². The van der Waals surface area contributed by atoms with Gasteiger partial charge < -0.3 is 5.32 Å². The standard InChI is InChI=1S/C22H13F2N3O/c23-14-6-4-13(5-7-14)21-25-19(20-3-1-2-10-27(20)21)12-17-16-11-15(24)8-9-18(16)26-22(17)28/h1-12H,(H,26,28)/b17-12+. The number of anilines is 1. The van der Waals surface area contributed by atoms with Crippen molar-refractivity contribution in [2.45, 2.75) is 0 Å². The molecule has 5 rings (SSSR count). The Kier molecular flexibility index (Phi) is 3.58. The van der Waals surface area contributed by atoms with Crippen LogP contribution in [0.2, 0.25) is 0 Å². The first-order valence-corrected chi connectivity index (χ1v) is 8.66. The minimum absolute atomic E-state index is 0.305. The summed E-state index contributed by atoms with van der Waals surface area (Å²) in [6.45, 7) is 0. The highest BCUT2D eigenvalue weighted by atomic mass is 19.1. The maximum atomic E-state index is 13.7. The number of benzene rings is 2. The first-order chi connectivity index (χ1) is 13.6. The monoisotopic (exact) mass is 373 g/mol. The van der Waals surface area contributed by atoms with Crippen LogP contribution in [0.4, 0.5) is 14.5 Å². The SMILES string of the molecule is O=C1Nc2ccc(F)cc2/C1=C\c1nc(-c2ccc(F)cc2)n2ccccc12. The number of carbonyl (C=O) groups excluding carboxylic acids is 1. The van der Waals surface area contributed by atoms with Crippen molar-refractivity contribution in [3.8, 4) is 11.4 Å². The lowest BCUT2D eigenvalue weighted by Crippen LogP contribution is -2.03. The first-order valence-electron chi connectivity index (χ1n) is 8.66. The van der Waals surface area contributed by atoms with E-state index in [4.69, 9.17) is 0 Å². The smallest absolute Gasteiger partial charge is 0.256 e. The fourth-order valence-electron chi connectivity index (χ4n) is 3.41. The van der Waals surface area contributed by atoms with Crippen molar-refractivity contribution < 1.29 is 13.6 Å². The third-order valence-electron chi connectivity index (χ3n) is 4.72. The van der Waals surface area contributed by atoms with Crippen LogP contribution in [0.3, 0.4) is 0 Å². The molecule has 4 nitrogen and oxygen atoms in total. The topological polar surface area (TPSA) is 46.4 Å². The zero-order chi connectivity index (χ0) is 19.3. The Morgan fingerprint density at radius 3 is 2.57 bits per heavy atom. The molecule has 2 aromatic heterocycles. The average Bonchev–Trinajstić information content (AvgIpc) is 3.21. The highest BCUT2D eigenvalue weighted by molar-refractivity contribution is 6.35. The Balaban J connectivity index is 1.71. The predicted molar refractivity (Wildman–Crippen MR) is 103 cm³/mol. The average molecular weight is 373 g/mol. The zero-order valence-corrected chi connectivity index (χ0v) is 14.5. The third-order valence-corrected chi connectivity index (χ3v) is 4.72. The minimum Gasteiger partial charge on any atom is -0.321 e. The number of halogens is 2. The molecular weight excluding hydrogens is 360 g/mol. The van der Waals surface area contributed by atoms with E-state index < -0.39 is 5.82 Å². The van der Waals surface area contributed by atoms with E-state index in [9.17, 15) is 13.6 Å². The molecule has 0 spiro atoms. The van der Waals surface area contributed by atoms with Gasteiger partial charge in [-0.2, -0.15) is 0 Å². The van der Waals surface area contributed by atoms with E-state index in [1.54, 1.807) is 24.3 Å². The molecule has 0 saturated carbocycles. The summed E-state index contributed by atoms with van der Waals surface area (Å²) in [6, 6.07) is 15.9. The fourth-order valence-corrected chi connectivity index (χ4v) is 3.41. The van der Waals surface area contributed by atoms with Crippen LogP contribution in [0.1, 0.15) is 11.3 Å². The molecule has 3 heterocycles. The van der Waals surface area contributed by atoms with Crippen LogP contribution in [0.15, 0.2) is 66.9 Å². The van der Waals surface area contributed by atoms with E-state index in [1.807, 2.05) is 28.8 Å². The minimum atomic E-state index is -0.414. The van der Waals surface area contributed by atoms with Crippen molar-refractivity contribution in [2.75, 3.05) is 5.32 Å². The second kappa shape index (κ2) is 6.13. The van der Waals surface area contributed by atoms with Crippen molar-refractivity contribution in [3.63, 3.8) is 0 Å². The van der Waals surface area contributed by atoms with Gasteiger partial charge in [0.15, 0.2) is 0 Å². The molecule has 28 heavy (non-hydrogen) atoms. The van der Waals surface area contributed by atoms with Gasteiger partial charge in [-0.1, -0.05) is 6.07 Å². The Morgan fingerprint density at radius 1 is 0.964 bits per heavy atom. The Morgan fingerprint density at radius 2 is 1.75 bits per heavy atom. The molecule has 2 aromatic carbocycles. The van der Waals surface area contributed by atoms with Crippen LogP contribution in [0, 0.1) is 11.6 Å². The lowest BCUT2D eigenvalue weighted by molar-refractivity contribution is -0.110. The van der Waals surface area contributed by atoms with Crippen LogP contribution >= 0.6 is 0 Å². The van der Waals surface area contributed by atoms with Gasteiger partial charge in [0.05, 0.1) is 16.8 Å². The number of hydrogen-bond acceptors (Lipinski definition) is 2. The van der Waals surface area contributed by atoms with Gasteiger partial charge in [-0.3, -0.25) is 9.20 Å². The molecule has 0 saturated heterocycles. The lowest BCUT2D eigenvalue weighted by atomic mass is 10.1. The van der Waals surface area contributed by atoms with Crippen molar-refractivity contribution in [2.24, 2.45) is 0 Å². The van der Waals surface area contributed by atoms with Crippen LogP contribution in [0.25, 0.3) is 28.6 Å². The Labute approximate surface area is 158 Å². The molecule has 1 aliphatic heterocycles. The Bertz CT molecular complexity index is 1270. The third kappa shape index (κ3) is 2.58. The van der Waals surface area contributed by atoms with Gasteiger partial charge in [0, 0.05) is 23.0 Å².